The van der Waals surface area contributed by atoms with Crippen molar-refractivity contribution in [1.29, 1.82) is 5.26 Å². The third-order valence-corrected chi connectivity index (χ3v) is 3.36. The van der Waals surface area contributed by atoms with Crippen LogP contribution in [0.4, 0.5) is 0 Å². The highest BCUT2D eigenvalue weighted by atomic mass is 16.7. The minimum atomic E-state index is -1.45. The number of nitriles is 1. The van der Waals surface area contributed by atoms with Gasteiger partial charge in [0.15, 0.2) is 11.5 Å². The van der Waals surface area contributed by atoms with Gasteiger partial charge in [0.05, 0.1) is 18.6 Å². The molecule has 4 N–H and O–H groups in total. The SMILES string of the molecule is C[C@@H]1O[C@@H](Oc2ccc(CC#N)cc2O)[C@H](O)[C@H](O)[C@H]1O. The highest BCUT2D eigenvalue weighted by Gasteiger charge is 2.43. The number of ether oxygens (including phenoxy) is 2. The lowest BCUT2D eigenvalue weighted by Gasteiger charge is -2.38. The van der Waals surface area contributed by atoms with E-state index < -0.39 is 30.7 Å². The van der Waals surface area contributed by atoms with Gasteiger partial charge in [-0.3, -0.25) is 0 Å². The van der Waals surface area contributed by atoms with Gasteiger partial charge in [-0.2, -0.15) is 5.26 Å². The van der Waals surface area contributed by atoms with Gasteiger partial charge in [-0.25, -0.2) is 0 Å². The Labute approximate surface area is 121 Å². The van der Waals surface area contributed by atoms with Crippen LogP contribution in [0.15, 0.2) is 18.2 Å². The average Bonchev–Trinajstić information content (AvgIpc) is 2.45. The van der Waals surface area contributed by atoms with Crippen molar-refractivity contribution >= 4 is 0 Å². The molecule has 1 heterocycles. The molecular weight excluding hydrogens is 278 g/mol. The van der Waals surface area contributed by atoms with Crippen LogP contribution in [0.1, 0.15) is 12.5 Å². The zero-order valence-corrected chi connectivity index (χ0v) is 11.4. The first kappa shape index (κ1) is 15.5. The Kier molecular flexibility index (Phi) is 4.65. The first-order chi connectivity index (χ1) is 9.93. The Morgan fingerprint density at radius 2 is 1.95 bits per heavy atom. The van der Waals surface area contributed by atoms with Crippen molar-refractivity contribution in [2.75, 3.05) is 0 Å². The Morgan fingerprint density at radius 1 is 1.24 bits per heavy atom. The highest BCUT2D eigenvalue weighted by molar-refractivity contribution is 5.42. The van der Waals surface area contributed by atoms with Gasteiger partial charge in [0, 0.05) is 0 Å². The van der Waals surface area contributed by atoms with E-state index in [-0.39, 0.29) is 17.9 Å². The third kappa shape index (κ3) is 3.25. The number of rotatable bonds is 3. The molecule has 0 spiro atoms. The van der Waals surface area contributed by atoms with Crippen molar-refractivity contribution in [3.8, 4) is 17.6 Å². The third-order valence-electron chi connectivity index (χ3n) is 3.36. The van der Waals surface area contributed by atoms with Crippen LogP contribution in [0.5, 0.6) is 11.5 Å². The monoisotopic (exact) mass is 295 g/mol. The minimum Gasteiger partial charge on any atom is -0.504 e. The Hall–Kier alpha value is -1.85. The molecule has 1 aromatic carbocycles. The molecule has 0 aliphatic carbocycles. The summed E-state index contributed by atoms with van der Waals surface area (Å²) in [4.78, 5) is 0. The zero-order valence-electron chi connectivity index (χ0n) is 11.4. The molecule has 0 amide bonds. The predicted octanol–water partition coefficient (Wildman–Crippen LogP) is -0.335. The summed E-state index contributed by atoms with van der Waals surface area (Å²) in [5.74, 6) is -0.150. The number of aromatic hydroxyl groups is 1. The molecule has 1 saturated heterocycles. The highest BCUT2D eigenvalue weighted by Crippen LogP contribution is 2.31. The van der Waals surface area contributed by atoms with Gasteiger partial charge in [-0.15, -0.1) is 0 Å². The van der Waals surface area contributed by atoms with Gasteiger partial charge in [-0.1, -0.05) is 6.07 Å². The number of nitrogens with zero attached hydrogens (tertiary/aromatic N) is 1. The number of aliphatic hydroxyl groups excluding tert-OH is 3. The molecule has 0 radical (unpaired) electrons. The topological polar surface area (TPSA) is 123 Å². The fraction of sp³-hybridized carbons (Fsp3) is 0.500. The molecule has 0 bridgehead atoms. The number of benzene rings is 1. The first-order valence-electron chi connectivity index (χ1n) is 6.49. The summed E-state index contributed by atoms with van der Waals surface area (Å²) in [7, 11) is 0. The van der Waals surface area contributed by atoms with Crippen LogP contribution < -0.4 is 4.74 Å². The van der Waals surface area contributed by atoms with E-state index in [0.717, 1.165) is 0 Å². The van der Waals surface area contributed by atoms with Gasteiger partial charge in [0.1, 0.15) is 18.3 Å². The van der Waals surface area contributed by atoms with Crippen LogP contribution >= 0.6 is 0 Å². The molecule has 1 aliphatic heterocycles. The van der Waals surface area contributed by atoms with Crippen LogP contribution in [0.3, 0.4) is 0 Å². The number of phenolic OH excluding ortho intramolecular Hbond substituents is 1. The van der Waals surface area contributed by atoms with E-state index in [0.29, 0.717) is 5.56 Å². The maximum Gasteiger partial charge on any atom is 0.229 e. The maximum atomic E-state index is 9.84. The summed E-state index contributed by atoms with van der Waals surface area (Å²) in [6, 6.07) is 6.38. The van der Waals surface area contributed by atoms with Gasteiger partial charge in [-0.05, 0) is 24.6 Å². The summed E-state index contributed by atoms with van der Waals surface area (Å²) < 4.78 is 10.6. The predicted molar refractivity (Wildman–Crippen MR) is 70.4 cm³/mol. The quantitative estimate of drug-likeness (QED) is 0.601. The van der Waals surface area contributed by atoms with Crippen molar-refractivity contribution in [2.24, 2.45) is 0 Å². The van der Waals surface area contributed by atoms with E-state index in [1.165, 1.54) is 19.1 Å². The van der Waals surface area contributed by atoms with Crippen LogP contribution in [-0.4, -0.2) is 51.1 Å². The van der Waals surface area contributed by atoms with Crippen molar-refractivity contribution in [3.63, 3.8) is 0 Å². The summed E-state index contributed by atoms with van der Waals surface area (Å²) in [6.45, 7) is 1.53. The van der Waals surface area contributed by atoms with Crippen LogP contribution in [0.25, 0.3) is 0 Å². The molecule has 0 saturated carbocycles. The number of hydrogen-bond donors (Lipinski definition) is 4. The Bertz CT molecular complexity index is 543. The van der Waals surface area contributed by atoms with Gasteiger partial charge >= 0.3 is 0 Å². The summed E-state index contributed by atoms with van der Waals surface area (Å²) in [5, 5.41) is 47.5. The lowest BCUT2D eigenvalue weighted by molar-refractivity contribution is -0.268. The fourth-order valence-corrected chi connectivity index (χ4v) is 2.10. The van der Waals surface area contributed by atoms with E-state index >= 15 is 0 Å². The molecule has 7 nitrogen and oxygen atoms in total. The maximum absolute atomic E-state index is 9.84. The largest absolute Gasteiger partial charge is 0.504 e. The molecule has 2 rings (SSSR count). The molecular formula is C14H17NO6. The smallest absolute Gasteiger partial charge is 0.229 e. The van der Waals surface area contributed by atoms with Crippen molar-refractivity contribution in [3.05, 3.63) is 23.8 Å². The van der Waals surface area contributed by atoms with Crippen molar-refractivity contribution in [1.82, 2.24) is 0 Å². The van der Waals surface area contributed by atoms with Gasteiger partial charge in [0.2, 0.25) is 6.29 Å². The van der Waals surface area contributed by atoms with Crippen LogP contribution in [0, 0.1) is 11.3 Å². The second-order valence-corrected chi connectivity index (χ2v) is 4.94. The number of aliphatic hydroxyl groups is 3. The molecule has 1 fully saturated rings. The normalized spacial score (nSPS) is 32.4. The second-order valence-electron chi connectivity index (χ2n) is 4.94. The first-order valence-corrected chi connectivity index (χ1v) is 6.49. The Balaban J connectivity index is 2.13. The zero-order chi connectivity index (χ0) is 15.6. The molecule has 7 heteroatoms. The molecule has 1 aromatic rings. The van der Waals surface area contributed by atoms with Crippen LogP contribution in [-0.2, 0) is 11.2 Å². The molecule has 0 aromatic heterocycles. The number of phenols is 1. The molecule has 5 atom stereocenters. The van der Waals surface area contributed by atoms with Crippen LogP contribution in [0.2, 0.25) is 0 Å². The van der Waals surface area contributed by atoms with Crippen molar-refractivity contribution in [2.45, 2.75) is 44.1 Å². The van der Waals surface area contributed by atoms with E-state index in [4.69, 9.17) is 14.7 Å². The Morgan fingerprint density at radius 3 is 2.57 bits per heavy atom. The van der Waals surface area contributed by atoms with E-state index in [1.807, 2.05) is 6.07 Å². The van der Waals surface area contributed by atoms with Crippen molar-refractivity contribution < 1.29 is 29.9 Å². The lowest BCUT2D eigenvalue weighted by Crippen LogP contribution is -2.58. The van der Waals surface area contributed by atoms with E-state index in [2.05, 4.69) is 0 Å². The lowest BCUT2D eigenvalue weighted by atomic mass is 10.00. The minimum absolute atomic E-state index is 0.0523. The van der Waals surface area contributed by atoms with Gasteiger partial charge in [0.25, 0.3) is 0 Å². The molecule has 1 aliphatic rings. The summed E-state index contributed by atoms with van der Waals surface area (Å²) in [5.41, 5.74) is 0.622. The summed E-state index contributed by atoms with van der Waals surface area (Å²) in [6.07, 6.45) is -5.86. The summed E-state index contributed by atoms with van der Waals surface area (Å²) >= 11 is 0. The standard InChI is InChI=1S/C14H17NO6/c1-7-11(17)12(18)13(19)14(20-7)21-10-3-2-8(4-5-15)6-9(10)16/h2-3,6-7,11-14,16-19H,4H2,1H3/t7-,11-,12+,13+,14-/m0/s1. The van der Waals surface area contributed by atoms with E-state index in [1.54, 1.807) is 6.07 Å². The molecule has 114 valence electrons. The second kappa shape index (κ2) is 6.28. The molecule has 21 heavy (non-hydrogen) atoms. The van der Waals surface area contributed by atoms with E-state index in [9.17, 15) is 20.4 Å². The number of hydrogen-bond acceptors (Lipinski definition) is 7. The molecule has 0 unspecified atom stereocenters. The fourth-order valence-electron chi connectivity index (χ4n) is 2.10. The average molecular weight is 295 g/mol. The van der Waals surface area contributed by atoms with Gasteiger partial charge < -0.3 is 29.9 Å².